The summed E-state index contributed by atoms with van der Waals surface area (Å²) in [5.74, 6) is 0.679. The van der Waals surface area contributed by atoms with Crippen molar-refractivity contribution in [3.8, 4) is 5.13 Å². The zero-order valence-corrected chi connectivity index (χ0v) is 18.7. The molecular weight excluding hydrogens is 504 g/mol. The number of carbonyl (C=O) groups is 1. The molecule has 0 aliphatic carbocycles. The van der Waals surface area contributed by atoms with Gasteiger partial charge in [0.15, 0.2) is 0 Å². The molecule has 0 unspecified atom stereocenters. The van der Waals surface area contributed by atoms with Crippen molar-refractivity contribution in [2.75, 3.05) is 5.32 Å². The van der Waals surface area contributed by atoms with Crippen molar-refractivity contribution in [2.24, 2.45) is 0 Å². The predicted octanol–water partition coefficient (Wildman–Crippen LogP) is 5.79. The number of hydrogen-bond donors (Lipinski definition) is 1. The summed E-state index contributed by atoms with van der Waals surface area (Å²) in [6.45, 7) is 1.99. The first-order valence-electron chi connectivity index (χ1n) is 8.71. The average molecular weight is 518 g/mol. The van der Waals surface area contributed by atoms with Gasteiger partial charge in [0, 0.05) is 26.8 Å². The summed E-state index contributed by atoms with van der Waals surface area (Å²) in [5, 5.41) is 8.51. The molecule has 1 aliphatic rings. The van der Waals surface area contributed by atoms with E-state index in [9.17, 15) is 4.79 Å². The maximum absolute atomic E-state index is 12.5. The number of amides is 1. The van der Waals surface area contributed by atoms with Crippen molar-refractivity contribution in [3.63, 3.8) is 0 Å². The number of thiazole rings is 1. The number of benzene rings is 2. The van der Waals surface area contributed by atoms with Crippen LogP contribution in [-0.4, -0.2) is 20.7 Å². The summed E-state index contributed by atoms with van der Waals surface area (Å²) in [6.07, 6.45) is 0.406. The van der Waals surface area contributed by atoms with Crippen molar-refractivity contribution in [3.05, 3.63) is 68.2 Å². The molecule has 5 rings (SSSR count). The first-order valence-corrected chi connectivity index (χ1v) is 11.1. The molecule has 4 aromatic rings. The van der Waals surface area contributed by atoms with E-state index in [1.54, 1.807) is 16.0 Å². The largest absolute Gasteiger partial charge is 0.310 e. The Hall–Kier alpha value is -2.03. The van der Waals surface area contributed by atoms with Crippen LogP contribution in [0.1, 0.15) is 29.2 Å². The average Bonchev–Trinajstić information content (AvgIpc) is 3.21. The summed E-state index contributed by atoms with van der Waals surface area (Å²) in [4.78, 5) is 17.2. The Bertz CT molecular complexity index is 1250. The lowest BCUT2D eigenvalue weighted by Gasteiger charge is -2.24. The molecule has 2 aromatic carbocycles. The fourth-order valence-electron chi connectivity index (χ4n) is 3.67. The zero-order valence-electron chi connectivity index (χ0n) is 14.7. The minimum Gasteiger partial charge on any atom is -0.310 e. The number of aromatic nitrogens is 3. The van der Waals surface area contributed by atoms with E-state index in [1.165, 1.54) is 0 Å². The second kappa shape index (κ2) is 6.79. The van der Waals surface area contributed by atoms with Crippen LogP contribution in [0.4, 0.5) is 5.82 Å². The van der Waals surface area contributed by atoms with Gasteiger partial charge in [0.05, 0.1) is 15.9 Å². The molecule has 0 fully saturated rings. The minimum absolute atomic E-state index is 0.0116. The SMILES string of the molecule is Cc1nn(-c2nc3ccc(Br)cc3s2)c2c1[C@H](c1cccc(Br)c1)CC(=O)N2. The number of hydrogen-bond acceptors (Lipinski definition) is 4. The molecule has 0 spiro atoms. The van der Waals surface area contributed by atoms with E-state index < -0.39 is 0 Å². The lowest BCUT2D eigenvalue weighted by atomic mass is 9.86. The first kappa shape index (κ1) is 18.0. The highest BCUT2D eigenvalue weighted by Crippen LogP contribution is 2.41. The molecule has 0 radical (unpaired) electrons. The van der Waals surface area contributed by atoms with Gasteiger partial charge in [-0.3, -0.25) is 4.79 Å². The first-order chi connectivity index (χ1) is 13.5. The Morgan fingerprint density at radius 1 is 1.18 bits per heavy atom. The molecular formula is C20H14Br2N4OS. The highest BCUT2D eigenvalue weighted by Gasteiger charge is 2.33. The molecule has 2 aromatic heterocycles. The van der Waals surface area contributed by atoms with Crippen LogP contribution < -0.4 is 5.32 Å². The Balaban J connectivity index is 1.68. The van der Waals surface area contributed by atoms with Gasteiger partial charge < -0.3 is 5.32 Å². The van der Waals surface area contributed by atoms with Crippen molar-refractivity contribution < 1.29 is 4.79 Å². The van der Waals surface area contributed by atoms with Crippen LogP contribution in [0.3, 0.4) is 0 Å². The standard InChI is InChI=1S/C20H14Br2N4OS/c1-10-18-14(11-3-2-4-12(21)7-11)9-17(27)24-19(18)26(25-10)20-23-15-6-5-13(22)8-16(15)28-20/h2-8,14H,9H2,1H3,(H,24,27)/t14-/m0/s1. The molecule has 0 bridgehead atoms. The number of halogens is 2. The molecule has 1 N–H and O–H groups in total. The van der Waals surface area contributed by atoms with Crippen molar-refractivity contribution >= 4 is 65.1 Å². The molecule has 3 heterocycles. The maximum atomic E-state index is 12.5. The van der Waals surface area contributed by atoms with Gasteiger partial charge in [-0.05, 0) is 42.8 Å². The van der Waals surface area contributed by atoms with E-state index >= 15 is 0 Å². The van der Waals surface area contributed by atoms with Crippen LogP contribution in [0.15, 0.2) is 51.4 Å². The van der Waals surface area contributed by atoms with E-state index in [2.05, 4.69) is 49.3 Å². The third-order valence-electron chi connectivity index (χ3n) is 4.87. The molecule has 5 nitrogen and oxygen atoms in total. The number of fused-ring (bicyclic) bond motifs is 2. The van der Waals surface area contributed by atoms with Gasteiger partial charge in [-0.15, -0.1) is 0 Å². The summed E-state index contributed by atoms with van der Waals surface area (Å²) in [5.41, 5.74) is 3.97. The Morgan fingerprint density at radius 2 is 2.00 bits per heavy atom. The number of rotatable bonds is 2. The molecule has 28 heavy (non-hydrogen) atoms. The molecule has 1 amide bonds. The number of carbonyl (C=O) groups excluding carboxylic acids is 1. The van der Waals surface area contributed by atoms with E-state index in [1.807, 2.05) is 37.3 Å². The van der Waals surface area contributed by atoms with Crippen LogP contribution in [-0.2, 0) is 4.79 Å². The normalized spacial score (nSPS) is 16.2. The molecule has 140 valence electrons. The minimum atomic E-state index is -0.0291. The van der Waals surface area contributed by atoms with Crippen molar-refractivity contribution in [2.45, 2.75) is 19.3 Å². The van der Waals surface area contributed by atoms with Gasteiger partial charge in [-0.1, -0.05) is 55.3 Å². The second-order valence-electron chi connectivity index (χ2n) is 6.73. The Kier molecular flexibility index (Phi) is 4.37. The molecule has 1 atom stereocenters. The van der Waals surface area contributed by atoms with Gasteiger partial charge in [0.1, 0.15) is 5.82 Å². The van der Waals surface area contributed by atoms with Crippen LogP contribution in [0, 0.1) is 6.92 Å². The highest BCUT2D eigenvalue weighted by atomic mass is 79.9. The van der Waals surface area contributed by atoms with Crippen molar-refractivity contribution in [1.29, 1.82) is 0 Å². The van der Waals surface area contributed by atoms with Crippen LogP contribution >= 0.6 is 43.2 Å². The van der Waals surface area contributed by atoms with Gasteiger partial charge in [0.25, 0.3) is 0 Å². The summed E-state index contributed by atoms with van der Waals surface area (Å²) in [7, 11) is 0. The Labute approximate surface area is 182 Å². The number of nitrogens with zero attached hydrogens (tertiary/aromatic N) is 3. The van der Waals surface area contributed by atoms with Crippen LogP contribution in [0.25, 0.3) is 15.3 Å². The summed E-state index contributed by atoms with van der Waals surface area (Å²) >= 11 is 8.59. The van der Waals surface area contributed by atoms with Gasteiger partial charge in [-0.2, -0.15) is 9.78 Å². The fourth-order valence-corrected chi connectivity index (χ4v) is 5.56. The van der Waals surface area contributed by atoms with Crippen molar-refractivity contribution in [1.82, 2.24) is 14.8 Å². The topological polar surface area (TPSA) is 59.8 Å². The zero-order chi connectivity index (χ0) is 19.4. The third-order valence-corrected chi connectivity index (χ3v) is 6.85. The van der Waals surface area contributed by atoms with E-state index in [0.29, 0.717) is 6.42 Å². The maximum Gasteiger partial charge on any atom is 0.226 e. The lowest BCUT2D eigenvalue weighted by Crippen LogP contribution is -2.24. The van der Waals surface area contributed by atoms with E-state index in [4.69, 9.17) is 10.1 Å². The van der Waals surface area contributed by atoms with Crippen LogP contribution in [0.5, 0.6) is 0 Å². The molecule has 0 saturated carbocycles. The summed E-state index contributed by atoms with van der Waals surface area (Å²) < 4.78 is 4.85. The smallest absolute Gasteiger partial charge is 0.226 e. The molecule has 1 aliphatic heterocycles. The van der Waals surface area contributed by atoms with E-state index in [0.717, 1.165) is 46.9 Å². The number of nitrogens with one attached hydrogen (secondary N) is 1. The third kappa shape index (κ3) is 3.00. The fraction of sp³-hybridized carbons (Fsp3) is 0.150. The highest BCUT2D eigenvalue weighted by molar-refractivity contribution is 9.10. The quantitative estimate of drug-likeness (QED) is 0.366. The second-order valence-corrected chi connectivity index (χ2v) is 9.57. The van der Waals surface area contributed by atoms with Gasteiger partial charge >= 0.3 is 0 Å². The lowest BCUT2D eigenvalue weighted by molar-refractivity contribution is -0.116. The molecule has 8 heteroatoms. The number of aryl methyl sites for hydroxylation is 1. The number of anilines is 1. The predicted molar refractivity (Wildman–Crippen MR) is 118 cm³/mol. The molecule has 0 saturated heterocycles. The summed E-state index contributed by atoms with van der Waals surface area (Å²) in [6, 6.07) is 14.1. The van der Waals surface area contributed by atoms with Gasteiger partial charge in [-0.25, -0.2) is 4.98 Å². The monoisotopic (exact) mass is 516 g/mol. The van der Waals surface area contributed by atoms with E-state index in [-0.39, 0.29) is 11.8 Å². The van der Waals surface area contributed by atoms with Crippen LogP contribution in [0.2, 0.25) is 0 Å². The van der Waals surface area contributed by atoms with Gasteiger partial charge in [0.2, 0.25) is 11.0 Å². The Morgan fingerprint density at radius 3 is 2.82 bits per heavy atom.